The van der Waals surface area contributed by atoms with Crippen molar-refractivity contribution >= 4 is 0 Å². The average Bonchev–Trinajstić information content (AvgIpc) is 2.99. The van der Waals surface area contributed by atoms with Crippen molar-refractivity contribution in [3.8, 4) is 0 Å². The number of hydrogen-bond donors (Lipinski definition) is 2. The van der Waals surface area contributed by atoms with Crippen LogP contribution in [0, 0.1) is 6.92 Å². The molecule has 0 amide bonds. The molecular weight excluding hydrogens is 210 g/mol. The van der Waals surface area contributed by atoms with Crippen LogP contribution in [0.15, 0.2) is 0 Å². The van der Waals surface area contributed by atoms with Gasteiger partial charge in [-0.1, -0.05) is 19.3 Å². The van der Waals surface area contributed by atoms with Crippen molar-refractivity contribution in [2.45, 2.75) is 63.8 Å². The predicted molar refractivity (Wildman–Crippen MR) is 69.1 cm³/mol. The molecule has 1 aromatic heterocycles. The van der Waals surface area contributed by atoms with Gasteiger partial charge < -0.3 is 10.3 Å². The lowest BCUT2D eigenvalue weighted by atomic mass is 9.86. The van der Waals surface area contributed by atoms with Crippen LogP contribution < -0.4 is 5.32 Å². The predicted octanol–water partition coefficient (Wildman–Crippen LogP) is 3.19. The minimum Gasteiger partial charge on any atom is -0.345 e. The maximum Gasteiger partial charge on any atom is 0.123 e. The van der Waals surface area contributed by atoms with Crippen LogP contribution in [-0.4, -0.2) is 16.5 Å². The van der Waals surface area contributed by atoms with Gasteiger partial charge in [0.15, 0.2) is 0 Å². The van der Waals surface area contributed by atoms with Gasteiger partial charge in [0, 0.05) is 11.6 Å². The van der Waals surface area contributed by atoms with Gasteiger partial charge in [0.25, 0.3) is 0 Å². The summed E-state index contributed by atoms with van der Waals surface area (Å²) in [6.07, 6.45) is 9.37. The van der Waals surface area contributed by atoms with Crippen molar-refractivity contribution in [3.05, 3.63) is 17.2 Å². The van der Waals surface area contributed by atoms with E-state index in [1.807, 2.05) is 0 Å². The molecule has 1 saturated heterocycles. The summed E-state index contributed by atoms with van der Waals surface area (Å²) in [4.78, 5) is 8.41. The molecule has 2 N–H and O–H groups in total. The minimum atomic E-state index is 0.478. The molecule has 2 fully saturated rings. The highest BCUT2D eigenvalue weighted by molar-refractivity contribution is 5.20. The quantitative estimate of drug-likeness (QED) is 0.823. The van der Waals surface area contributed by atoms with Crippen LogP contribution >= 0.6 is 0 Å². The third-order valence-corrected chi connectivity index (χ3v) is 4.32. The smallest absolute Gasteiger partial charge is 0.123 e. The number of rotatable bonds is 2. The number of aryl methyl sites for hydroxylation is 1. The Balaban J connectivity index is 1.79. The molecule has 0 bridgehead atoms. The number of nitrogens with zero attached hydrogens (tertiary/aromatic N) is 1. The molecule has 1 aliphatic heterocycles. The van der Waals surface area contributed by atoms with Crippen molar-refractivity contribution in [2.75, 3.05) is 6.54 Å². The minimum absolute atomic E-state index is 0.478. The second kappa shape index (κ2) is 4.81. The first-order valence-electron chi connectivity index (χ1n) is 7.14. The summed E-state index contributed by atoms with van der Waals surface area (Å²) >= 11 is 0. The van der Waals surface area contributed by atoms with E-state index in [2.05, 4.69) is 17.2 Å². The Kier molecular flexibility index (Phi) is 3.19. The van der Waals surface area contributed by atoms with Crippen molar-refractivity contribution in [1.29, 1.82) is 0 Å². The van der Waals surface area contributed by atoms with Crippen molar-refractivity contribution < 1.29 is 0 Å². The van der Waals surface area contributed by atoms with Gasteiger partial charge in [-0.3, -0.25) is 0 Å². The van der Waals surface area contributed by atoms with Crippen LogP contribution in [-0.2, 0) is 0 Å². The molecule has 2 heterocycles. The highest BCUT2D eigenvalue weighted by atomic mass is 15.0. The van der Waals surface area contributed by atoms with E-state index in [-0.39, 0.29) is 0 Å². The van der Waals surface area contributed by atoms with Crippen LogP contribution in [0.3, 0.4) is 0 Å². The Morgan fingerprint density at radius 3 is 2.59 bits per heavy atom. The fourth-order valence-electron chi connectivity index (χ4n) is 3.35. The summed E-state index contributed by atoms with van der Waals surface area (Å²) in [5, 5.41) is 3.52. The molecule has 0 aromatic carbocycles. The van der Waals surface area contributed by atoms with Crippen molar-refractivity contribution in [3.63, 3.8) is 0 Å². The van der Waals surface area contributed by atoms with Gasteiger partial charge in [-0.2, -0.15) is 0 Å². The van der Waals surface area contributed by atoms with Gasteiger partial charge in [0.05, 0.1) is 11.7 Å². The number of H-pyrrole nitrogens is 1. The summed E-state index contributed by atoms with van der Waals surface area (Å²) in [6.45, 7) is 3.33. The zero-order valence-corrected chi connectivity index (χ0v) is 10.8. The largest absolute Gasteiger partial charge is 0.345 e. The van der Waals surface area contributed by atoms with Gasteiger partial charge >= 0.3 is 0 Å². The van der Waals surface area contributed by atoms with Gasteiger partial charge in [-0.25, -0.2) is 4.98 Å². The van der Waals surface area contributed by atoms with Crippen LogP contribution in [0.5, 0.6) is 0 Å². The first-order chi connectivity index (χ1) is 8.34. The Bertz CT molecular complexity index is 371. The van der Waals surface area contributed by atoms with Crippen LogP contribution in [0.25, 0.3) is 0 Å². The summed E-state index contributed by atoms with van der Waals surface area (Å²) in [7, 11) is 0. The Hall–Kier alpha value is -0.830. The van der Waals surface area contributed by atoms with Gasteiger partial charge in [0.2, 0.25) is 0 Å². The molecule has 3 heteroatoms. The molecule has 1 unspecified atom stereocenters. The molecule has 2 aliphatic rings. The second-order valence-corrected chi connectivity index (χ2v) is 5.62. The highest BCUT2D eigenvalue weighted by Crippen LogP contribution is 2.34. The number of imidazole rings is 1. The fourth-order valence-corrected chi connectivity index (χ4v) is 3.35. The monoisotopic (exact) mass is 233 g/mol. The third kappa shape index (κ3) is 2.25. The average molecular weight is 233 g/mol. The summed E-state index contributed by atoms with van der Waals surface area (Å²) in [5.41, 5.74) is 2.66. The summed E-state index contributed by atoms with van der Waals surface area (Å²) in [6, 6.07) is 0.478. The maximum atomic E-state index is 4.90. The molecule has 1 atom stereocenters. The van der Waals surface area contributed by atoms with E-state index < -0.39 is 0 Å². The SMILES string of the molecule is Cc1[nH]c(C2CCCN2)nc1C1CCCCC1. The maximum absolute atomic E-state index is 4.90. The highest BCUT2D eigenvalue weighted by Gasteiger charge is 2.24. The molecule has 1 aliphatic carbocycles. The normalized spacial score (nSPS) is 26.5. The standard InChI is InChI=1S/C14H23N3/c1-10-13(11-6-3-2-4-7-11)17-14(16-10)12-8-5-9-15-12/h11-12,15H,2-9H2,1H3,(H,16,17). The fraction of sp³-hybridized carbons (Fsp3) is 0.786. The van der Waals surface area contributed by atoms with Crippen molar-refractivity contribution in [2.24, 2.45) is 0 Å². The molecule has 3 nitrogen and oxygen atoms in total. The molecule has 0 radical (unpaired) electrons. The molecule has 17 heavy (non-hydrogen) atoms. The molecular formula is C14H23N3. The Morgan fingerprint density at radius 2 is 1.88 bits per heavy atom. The van der Waals surface area contributed by atoms with Gasteiger partial charge in [-0.05, 0) is 39.2 Å². The van der Waals surface area contributed by atoms with Crippen LogP contribution in [0.4, 0.5) is 0 Å². The first-order valence-corrected chi connectivity index (χ1v) is 7.14. The van der Waals surface area contributed by atoms with E-state index >= 15 is 0 Å². The second-order valence-electron chi connectivity index (χ2n) is 5.62. The zero-order valence-electron chi connectivity index (χ0n) is 10.8. The van der Waals surface area contributed by atoms with Crippen LogP contribution in [0.1, 0.15) is 74.1 Å². The Labute approximate surface area is 103 Å². The topological polar surface area (TPSA) is 40.7 Å². The van der Waals surface area contributed by atoms with E-state index in [4.69, 9.17) is 4.98 Å². The number of nitrogens with one attached hydrogen (secondary N) is 2. The lowest BCUT2D eigenvalue weighted by molar-refractivity contribution is 0.435. The van der Waals surface area contributed by atoms with Crippen LogP contribution in [0.2, 0.25) is 0 Å². The number of aromatic nitrogens is 2. The molecule has 94 valence electrons. The van der Waals surface area contributed by atoms with E-state index in [0.717, 1.165) is 12.5 Å². The summed E-state index contributed by atoms with van der Waals surface area (Å²) in [5.74, 6) is 1.90. The van der Waals surface area contributed by atoms with Crippen molar-refractivity contribution in [1.82, 2.24) is 15.3 Å². The molecule has 0 spiro atoms. The van der Waals surface area contributed by atoms with E-state index in [1.165, 1.54) is 62.2 Å². The number of hydrogen-bond acceptors (Lipinski definition) is 2. The molecule has 1 saturated carbocycles. The first kappa shape index (κ1) is 11.3. The lowest BCUT2D eigenvalue weighted by Crippen LogP contribution is -2.14. The molecule has 3 rings (SSSR count). The third-order valence-electron chi connectivity index (χ3n) is 4.32. The van der Waals surface area contributed by atoms with E-state index in [1.54, 1.807) is 0 Å². The number of aromatic amines is 1. The lowest BCUT2D eigenvalue weighted by Gasteiger charge is -2.20. The zero-order chi connectivity index (χ0) is 11.7. The van der Waals surface area contributed by atoms with E-state index in [0.29, 0.717) is 6.04 Å². The molecule has 1 aromatic rings. The van der Waals surface area contributed by atoms with Gasteiger partial charge in [0.1, 0.15) is 5.82 Å². The van der Waals surface area contributed by atoms with Gasteiger partial charge in [-0.15, -0.1) is 0 Å². The summed E-state index contributed by atoms with van der Waals surface area (Å²) < 4.78 is 0. The van der Waals surface area contributed by atoms with E-state index in [9.17, 15) is 0 Å². The Morgan fingerprint density at radius 1 is 1.06 bits per heavy atom.